The number of pyridine rings is 1. The molecule has 0 aliphatic carbocycles. The second kappa shape index (κ2) is 5.67. The molecule has 1 aromatic rings. The van der Waals surface area contributed by atoms with Gasteiger partial charge in [0.1, 0.15) is 0 Å². The van der Waals surface area contributed by atoms with Crippen LogP contribution in [-0.2, 0) is 11.3 Å². The fourth-order valence-electron chi connectivity index (χ4n) is 1.01. The van der Waals surface area contributed by atoms with E-state index in [9.17, 15) is 0 Å². The first kappa shape index (κ1) is 10.2. The summed E-state index contributed by atoms with van der Waals surface area (Å²) in [5.41, 5.74) is 1.20. The zero-order valence-corrected chi connectivity index (χ0v) is 8.16. The van der Waals surface area contributed by atoms with Gasteiger partial charge in [-0.05, 0) is 18.6 Å². The van der Waals surface area contributed by atoms with Crippen LogP contribution in [0.5, 0.6) is 0 Å². The number of hydrogen-bond donors (Lipinski definition) is 1. The third-order valence-electron chi connectivity index (χ3n) is 1.89. The molecule has 1 heterocycles. The molecule has 3 heteroatoms. The molecule has 0 aliphatic heterocycles. The van der Waals surface area contributed by atoms with E-state index in [4.69, 9.17) is 4.74 Å². The van der Waals surface area contributed by atoms with Gasteiger partial charge in [-0.25, -0.2) is 0 Å². The summed E-state index contributed by atoms with van der Waals surface area (Å²) in [5.74, 6) is 0. The lowest BCUT2D eigenvalue weighted by Gasteiger charge is -2.10. The first-order chi connectivity index (χ1) is 6.33. The molecule has 1 unspecified atom stereocenters. The van der Waals surface area contributed by atoms with Gasteiger partial charge in [-0.1, -0.05) is 6.07 Å². The van der Waals surface area contributed by atoms with Crippen LogP contribution in [0.25, 0.3) is 0 Å². The molecule has 0 fully saturated rings. The van der Waals surface area contributed by atoms with Crippen LogP contribution in [0.3, 0.4) is 0 Å². The molecule has 0 amide bonds. The lowest BCUT2D eigenvalue weighted by Crippen LogP contribution is -2.25. The highest BCUT2D eigenvalue weighted by molar-refractivity contribution is 5.07. The van der Waals surface area contributed by atoms with E-state index in [1.807, 2.05) is 19.2 Å². The fraction of sp³-hybridized carbons (Fsp3) is 0.500. The van der Waals surface area contributed by atoms with E-state index < -0.39 is 0 Å². The maximum absolute atomic E-state index is 5.11. The molecule has 1 N–H and O–H groups in total. The predicted molar refractivity (Wildman–Crippen MR) is 52.4 cm³/mol. The molecule has 0 aromatic carbocycles. The van der Waals surface area contributed by atoms with Gasteiger partial charge in [0.25, 0.3) is 0 Å². The summed E-state index contributed by atoms with van der Waals surface area (Å²) < 4.78 is 5.11. The minimum absolute atomic E-state index is 0.261. The van der Waals surface area contributed by atoms with Crippen molar-refractivity contribution in [2.45, 2.75) is 19.6 Å². The smallest absolute Gasteiger partial charge is 0.0667 e. The van der Waals surface area contributed by atoms with Gasteiger partial charge in [0.2, 0.25) is 0 Å². The molecule has 1 aromatic heterocycles. The van der Waals surface area contributed by atoms with E-state index in [1.165, 1.54) is 5.56 Å². The molecule has 0 aliphatic rings. The Morgan fingerprint density at radius 1 is 1.62 bits per heavy atom. The van der Waals surface area contributed by atoms with Crippen molar-refractivity contribution in [1.29, 1.82) is 0 Å². The van der Waals surface area contributed by atoms with Crippen LogP contribution < -0.4 is 5.32 Å². The predicted octanol–water partition coefficient (Wildman–Crippen LogP) is 1.21. The van der Waals surface area contributed by atoms with E-state index in [0.29, 0.717) is 0 Å². The number of rotatable bonds is 5. The Hall–Kier alpha value is -0.930. The Labute approximate surface area is 79.1 Å². The highest BCUT2D eigenvalue weighted by atomic mass is 16.5. The van der Waals surface area contributed by atoms with Gasteiger partial charge in [0.05, 0.1) is 6.10 Å². The van der Waals surface area contributed by atoms with Crippen molar-refractivity contribution < 1.29 is 4.74 Å². The summed E-state index contributed by atoms with van der Waals surface area (Å²) in [5, 5.41) is 3.29. The van der Waals surface area contributed by atoms with Gasteiger partial charge in [-0.3, -0.25) is 4.98 Å². The molecule has 0 saturated heterocycles. The highest BCUT2D eigenvalue weighted by Crippen LogP contribution is 1.94. The van der Waals surface area contributed by atoms with Gasteiger partial charge in [0, 0.05) is 32.6 Å². The zero-order chi connectivity index (χ0) is 9.52. The van der Waals surface area contributed by atoms with E-state index in [1.54, 1.807) is 13.3 Å². The molecule has 72 valence electrons. The first-order valence-corrected chi connectivity index (χ1v) is 4.45. The summed E-state index contributed by atoms with van der Waals surface area (Å²) >= 11 is 0. The van der Waals surface area contributed by atoms with Crippen LogP contribution in [0.4, 0.5) is 0 Å². The molecular weight excluding hydrogens is 164 g/mol. The second-order valence-corrected chi connectivity index (χ2v) is 3.04. The number of nitrogens with zero attached hydrogens (tertiary/aromatic N) is 1. The molecule has 3 nitrogen and oxygen atoms in total. The Bertz CT molecular complexity index is 226. The molecule has 1 rings (SSSR count). The standard InChI is InChI=1S/C10H16N2O/c1-9(13-2)6-12-8-10-4-3-5-11-7-10/h3-5,7,9,12H,6,8H2,1-2H3. The maximum Gasteiger partial charge on any atom is 0.0667 e. The van der Waals surface area contributed by atoms with Gasteiger partial charge < -0.3 is 10.1 Å². The first-order valence-electron chi connectivity index (χ1n) is 4.45. The van der Waals surface area contributed by atoms with Crippen LogP contribution in [-0.4, -0.2) is 24.7 Å². The van der Waals surface area contributed by atoms with Gasteiger partial charge in [0.15, 0.2) is 0 Å². The van der Waals surface area contributed by atoms with Crippen LogP contribution in [0.2, 0.25) is 0 Å². The second-order valence-electron chi connectivity index (χ2n) is 3.04. The third-order valence-corrected chi connectivity index (χ3v) is 1.89. The summed E-state index contributed by atoms with van der Waals surface area (Å²) in [6.07, 6.45) is 3.91. The average molecular weight is 180 g/mol. The topological polar surface area (TPSA) is 34.1 Å². The number of nitrogens with one attached hydrogen (secondary N) is 1. The van der Waals surface area contributed by atoms with E-state index >= 15 is 0 Å². The third kappa shape index (κ3) is 4.01. The van der Waals surface area contributed by atoms with Gasteiger partial charge in [-0.15, -0.1) is 0 Å². The van der Waals surface area contributed by atoms with Crippen molar-refractivity contribution in [2.75, 3.05) is 13.7 Å². The molecule has 0 spiro atoms. The Kier molecular flexibility index (Phi) is 4.43. The lowest BCUT2D eigenvalue weighted by molar-refractivity contribution is 0.117. The molecular formula is C10H16N2O. The maximum atomic E-state index is 5.11. The largest absolute Gasteiger partial charge is 0.380 e. The molecule has 13 heavy (non-hydrogen) atoms. The van der Waals surface area contributed by atoms with Gasteiger partial charge in [-0.2, -0.15) is 0 Å². The minimum Gasteiger partial charge on any atom is -0.380 e. The van der Waals surface area contributed by atoms with Crippen molar-refractivity contribution >= 4 is 0 Å². The number of aromatic nitrogens is 1. The quantitative estimate of drug-likeness (QED) is 0.739. The van der Waals surface area contributed by atoms with Crippen molar-refractivity contribution in [3.05, 3.63) is 30.1 Å². The molecule has 1 atom stereocenters. The SMILES string of the molecule is COC(C)CNCc1cccnc1. The van der Waals surface area contributed by atoms with Crippen molar-refractivity contribution in [2.24, 2.45) is 0 Å². The highest BCUT2D eigenvalue weighted by Gasteiger charge is 1.97. The Morgan fingerprint density at radius 2 is 2.46 bits per heavy atom. The van der Waals surface area contributed by atoms with Crippen LogP contribution in [0.1, 0.15) is 12.5 Å². The van der Waals surface area contributed by atoms with E-state index in [0.717, 1.165) is 13.1 Å². The number of methoxy groups -OCH3 is 1. The summed E-state index contributed by atoms with van der Waals surface area (Å²) in [6.45, 7) is 3.75. The average Bonchev–Trinajstić information content (AvgIpc) is 2.19. The Morgan fingerprint density at radius 3 is 3.08 bits per heavy atom. The molecule has 0 bridgehead atoms. The lowest BCUT2D eigenvalue weighted by atomic mass is 10.3. The Balaban J connectivity index is 2.20. The zero-order valence-electron chi connectivity index (χ0n) is 8.16. The monoisotopic (exact) mass is 180 g/mol. The minimum atomic E-state index is 0.261. The van der Waals surface area contributed by atoms with Crippen molar-refractivity contribution in [3.63, 3.8) is 0 Å². The molecule has 0 radical (unpaired) electrons. The van der Waals surface area contributed by atoms with Crippen LogP contribution >= 0.6 is 0 Å². The summed E-state index contributed by atoms with van der Waals surface area (Å²) in [4.78, 5) is 4.03. The van der Waals surface area contributed by atoms with Crippen LogP contribution in [0.15, 0.2) is 24.5 Å². The van der Waals surface area contributed by atoms with Gasteiger partial charge >= 0.3 is 0 Å². The van der Waals surface area contributed by atoms with E-state index in [2.05, 4.69) is 16.4 Å². The number of ether oxygens (including phenoxy) is 1. The molecule has 0 saturated carbocycles. The summed E-state index contributed by atoms with van der Waals surface area (Å²) in [6, 6.07) is 3.99. The van der Waals surface area contributed by atoms with Crippen LogP contribution in [0, 0.1) is 0 Å². The van der Waals surface area contributed by atoms with E-state index in [-0.39, 0.29) is 6.10 Å². The summed E-state index contributed by atoms with van der Waals surface area (Å²) in [7, 11) is 1.72. The van der Waals surface area contributed by atoms with Crippen molar-refractivity contribution in [1.82, 2.24) is 10.3 Å². The number of hydrogen-bond acceptors (Lipinski definition) is 3. The normalized spacial score (nSPS) is 12.8. The van der Waals surface area contributed by atoms with Crippen molar-refractivity contribution in [3.8, 4) is 0 Å². The fourth-order valence-corrected chi connectivity index (χ4v) is 1.01.